The first-order valence-electron chi connectivity index (χ1n) is 2.67. The number of phenols is 1. The van der Waals surface area contributed by atoms with Crippen LogP contribution in [0, 0.1) is 0 Å². The van der Waals surface area contributed by atoms with E-state index in [1.807, 2.05) is 0 Å². The zero-order valence-electron chi connectivity index (χ0n) is 5.34. The molecule has 0 unspecified atom stereocenters. The minimum absolute atomic E-state index is 0.0607. The van der Waals surface area contributed by atoms with E-state index in [1.165, 1.54) is 0 Å². The van der Waals surface area contributed by atoms with Crippen LogP contribution < -0.4 is 0 Å². The van der Waals surface area contributed by atoms with Crippen molar-refractivity contribution in [1.82, 2.24) is 0 Å². The van der Waals surface area contributed by atoms with Gasteiger partial charge in [0.05, 0.1) is 24.0 Å². The number of hydrogen-bond donors (Lipinski definition) is 1. The van der Waals surface area contributed by atoms with Gasteiger partial charge in [-0.3, -0.25) is 0 Å². The summed E-state index contributed by atoms with van der Waals surface area (Å²) >= 11 is 23.3. The Balaban J connectivity index is 3.60. The molecule has 6 heteroatoms. The summed E-state index contributed by atoms with van der Waals surface area (Å²) in [5.74, 6) is -0.0607. The third-order valence-electron chi connectivity index (χ3n) is 1.19. The van der Waals surface area contributed by atoms with Gasteiger partial charge in [0.25, 0.3) is 0 Å². The average Bonchev–Trinajstić information content (AvgIpc) is 2.08. The monoisotopic (exact) mass is 352 g/mol. The zero-order valence-corrected chi connectivity index (χ0v) is 10.8. The van der Waals surface area contributed by atoms with Gasteiger partial charge in [-0.15, -0.1) is 0 Å². The van der Waals surface area contributed by atoms with Crippen LogP contribution in [-0.2, 0) is 0 Å². The van der Waals surface area contributed by atoms with Crippen LogP contribution in [0.15, 0.2) is 8.95 Å². The summed E-state index contributed by atoms with van der Waals surface area (Å²) in [5.41, 5.74) is 0. The number of rotatable bonds is 0. The quantitative estimate of drug-likeness (QED) is 0.520. The van der Waals surface area contributed by atoms with Crippen LogP contribution >= 0.6 is 66.7 Å². The molecule has 0 radical (unpaired) electrons. The van der Waals surface area contributed by atoms with Gasteiger partial charge in [0, 0.05) is 0 Å². The predicted octanol–water partition coefficient (Wildman–Crippen LogP) is 4.88. The SMILES string of the molecule is Oc1c(Br)c(Cl)c(Cl)c(Cl)c1Br. The first-order chi connectivity index (χ1) is 5.46. The lowest BCUT2D eigenvalue weighted by Gasteiger charge is -2.06. The zero-order chi connectivity index (χ0) is 9.46. The molecule has 0 bridgehead atoms. The number of aromatic hydroxyl groups is 1. The molecule has 0 aromatic heterocycles. The first-order valence-corrected chi connectivity index (χ1v) is 5.39. The Morgan fingerprint density at radius 1 is 0.833 bits per heavy atom. The second-order valence-corrected chi connectivity index (χ2v) is 4.64. The van der Waals surface area contributed by atoms with Gasteiger partial charge in [0.1, 0.15) is 5.75 Å². The highest BCUT2D eigenvalue weighted by molar-refractivity contribution is 9.11. The molecule has 0 spiro atoms. The van der Waals surface area contributed by atoms with Gasteiger partial charge in [-0.25, -0.2) is 0 Å². The molecule has 12 heavy (non-hydrogen) atoms. The van der Waals surface area contributed by atoms with Gasteiger partial charge in [0.15, 0.2) is 0 Å². The smallest absolute Gasteiger partial charge is 0.147 e. The van der Waals surface area contributed by atoms with E-state index < -0.39 is 0 Å². The van der Waals surface area contributed by atoms with E-state index in [9.17, 15) is 5.11 Å². The number of benzene rings is 1. The van der Waals surface area contributed by atoms with E-state index in [1.54, 1.807) is 0 Å². The molecule has 1 rings (SSSR count). The van der Waals surface area contributed by atoms with Gasteiger partial charge in [-0.2, -0.15) is 0 Å². The molecule has 1 N–H and O–H groups in total. The Kier molecular flexibility index (Phi) is 3.58. The van der Waals surface area contributed by atoms with Crippen molar-refractivity contribution in [2.24, 2.45) is 0 Å². The van der Waals surface area contributed by atoms with Crippen LogP contribution in [0.2, 0.25) is 15.1 Å². The molecule has 0 aliphatic carbocycles. The van der Waals surface area contributed by atoms with E-state index >= 15 is 0 Å². The molecule has 0 atom stereocenters. The van der Waals surface area contributed by atoms with Gasteiger partial charge >= 0.3 is 0 Å². The maximum Gasteiger partial charge on any atom is 0.147 e. The Hall–Kier alpha value is 0.850. The highest BCUT2D eigenvalue weighted by Gasteiger charge is 2.17. The van der Waals surface area contributed by atoms with Crippen LogP contribution in [-0.4, -0.2) is 5.11 Å². The van der Waals surface area contributed by atoms with Gasteiger partial charge in [-0.05, 0) is 31.9 Å². The van der Waals surface area contributed by atoms with Crippen LogP contribution in [0.3, 0.4) is 0 Å². The largest absolute Gasteiger partial charge is 0.505 e. The summed E-state index contributed by atoms with van der Waals surface area (Å²) in [5, 5.41) is 9.97. The normalized spacial score (nSPS) is 10.4. The maximum absolute atomic E-state index is 9.37. The Morgan fingerprint density at radius 3 is 1.50 bits per heavy atom. The molecule has 66 valence electrons. The molecule has 0 saturated heterocycles. The number of halogens is 5. The fourth-order valence-electron chi connectivity index (χ4n) is 0.593. The molecule has 1 aromatic carbocycles. The van der Waals surface area contributed by atoms with Crippen LogP contribution in [0.1, 0.15) is 0 Å². The average molecular weight is 355 g/mol. The Labute approximate surface area is 101 Å². The lowest BCUT2D eigenvalue weighted by atomic mass is 10.3. The number of phenolic OH excluding ortho intramolecular Hbond substituents is 1. The van der Waals surface area contributed by atoms with Crippen molar-refractivity contribution in [2.45, 2.75) is 0 Å². The highest BCUT2D eigenvalue weighted by Crippen LogP contribution is 2.47. The molecule has 0 fully saturated rings. The van der Waals surface area contributed by atoms with E-state index in [4.69, 9.17) is 34.8 Å². The second-order valence-electron chi connectivity index (χ2n) is 1.92. The van der Waals surface area contributed by atoms with E-state index in [0.29, 0.717) is 8.95 Å². The molecule has 0 aliphatic rings. The predicted molar refractivity (Wildman–Crippen MR) is 58.5 cm³/mol. The third kappa shape index (κ3) is 1.70. The van der Waals surface area contributed by atoms with Crippen molar-refractivity contribution < 1.29 is 5.11 Å². The molecule has 0 aliphatic heterocycles. The minimum Gasteiger partial charge on any atom is -0.505 e. The fraction of sp³-hybridized carbons (Fsp3) is 0. The minimum atomic E-state index is -0.0607. The molecule has 0 amide bonds. The topological polar surface area (TPSA) is 20.2 Å². The van der Waals surface area contributed by atoms with Crippen molar-refractivity contribution in [2.75, 3.05) is 0 Å². The molecule has 0 heterocycles. The molecular weight excluding hydrogens is 354 g/mol. The Morgan fingerprint density at radius 2 is 1.17 bits per heavy atom. The maximum atomic E-state index is 9.37. The highest BCUT2D eigenvalue weighted by atomic mass is 79.9. The second kappa shape index (κ2) is 3.93. The van der Waals surface area contributed by atoms with E-state index in [0.717, 1.165) is 0 Å². The van der Waals surface area contributed by atoms with Crippen molar-refractivity contribution in [3.8, 4) is 5.75 Å². The standard InChI is InChI=1S/C6HBr2Cl3O/c7-1-3(9)5(11)4(10)2(8)6(1)12/h12H. The van der Waals surface area contributed by atoms with Crippen LogP contribution in [0.5, 0.6) is 5.75 Å². The molecule has 1 nitrogen and oxygen atoms in total. The lowest BCUT2D eigenvalue weighted by molar-refractivity contribution is 0.468. The van der Waals surface area contributed by atoms with Crippen molar-refractivity contribution in [3.05, 3.63) is 24.0 Å². The van der Waals surface area contributed by atoms with Crippen molar-refractivity contribution in [3.63, 3.8) is 0 Å². The summed E-state index contributed by atoms with van der Waals surface area (Å²) in [4.78, 5) is 0. The Bertz CT molecular complexity index is 235. The molecule has 0 saturated carbocycles. The fourth-order valence-corrected chi connectivity index (χ4v) is 2.49. The summed E-state index contributed by atoms with van der Waals surface area (Å²) < 4.78 is 0.649. The first kappa shape index (κ1) is 10.9. The van der Waals surface area contributed by atoms with Crippen molar-refractivity contribution >= 4 is 66.7 Å². The van der Waals surface area contributed by atoms with Gasteiger partial charge < -0.3 is 5.11 Å². The van der Waals surface area contributed by atoms with E-state index in [2.05, 4.69) is 31.9 Å². The summed E-state index contributed by atoms with van der Waals surface area (Å²) in [6, 6.07) is 0. The van der Waals surface area contributed by atoms with Gasteiger partial charge in [0.2, 0.25) is 0 Å². The van der Waals surface area contributed by atoms with Gasteiger partial charge in [-0.1, -0.05) is 34.8 Å². The lowest BCUT2D eigenvalue weighted by Crippen LogP contribution is -1.79. The summed E-state index contributed by atoms with van der Waals surface area (Å²) in [6.07, 6.45) is 0. The summed E-state index contributed by atoms with van der Waals surface area (Å²) in [6.45, 7) is 0. The summed E-state index contributed by atoms with van der Waals surface area (Å²) in [7, 11) is 0. The van der Waals surface area contributed by atoms with E-state index in [-0.39, 0.29) is 20.8 Å². The van der Waals surface area contributed by atoms with Crippen molar-refractivity contribution in [1.29, 1.82) is 0 Å². The van der Waals surface area contributed by atoms with Crippen LogP contribution in [0.4, 0.5) is 0 Å². The molecule has 1 aromatic rings. The molecular formula is C6HBr2Cl3O. The third-order valence-corrected chi connectivity index (χ3v) is 4.51. The number of hydrogen-bond acceptors (Lipinski definition) is 1. The van der Waals surface area contributed by atoms with Crippen LogP contribution in [0.25, 0.3) is 0 Å².